The van der Waals surface area contributed by atoms with Crippen LogP contribution in [0.4, 0.5) is 0 Å². The Bertz CT molecular complexity index is 1220. The van der Waals surface area contributed by atoms with Crippen LogP contribution >= 0.6 is 0 Å². The molecular formula is C35H54N6O2. The van der Waals surface area contributed by atoms with E-state index in [1.165, 1.54) is 18.4 Å². The lowest BCUT2D eigenvalue weighted by Gasteiger charge is -2.27. The van der Waals surface area contributed by atoms with Gasteiger partial charge in [0.25, 0.3) is 0 Å². The molecule has 0 spiro atoms. The maximum atomic E-state index is 12.5. The number of carbonyl (C=O) groups is 2. The maximum absolute atomic E-state index is 12.5. The van der Waals surface area contributed by atoms with Gasteiger partial charge in [0.15, 0.2) is 5.78 Å². The number of Topliss-reactive ketones (excluding diaryl/α,β-unsaturated/α-hetero) is 1. The average molecular weight is 591 g/mol. The fraction of sp³-hybridized carbons (Fsp3) is 0.457. The van der Waals surface area contributed by atoms with E-state index in [-0.39, 0.29) is 5.78 Å². The zero-order valence-electron chi connectivity index (χ0n) is 27.9. The molecule has 0 radical (unpaired) electrons. The number of hydrazine groups is 1. The van der Waals surface area contributed by atoms with E-state index in [2.05, 4.69) is 24.2 Å². The summed E-state index contributed by atoms with van der Waals surface area (Å²) in [5.41, 5.74) is 13.9. The van der Waals surface area contributed by atoms with Gasteiger partial charge in [-0.15, -0.1) is 0 Å². The highest BCUT2D eigenvalue weighted by Crippen LogP contribution is 2.41. The molecule has 8 nitrogen and oxygen atoms in total. The molecule has 43 heavy (non-hydrogen) atoms. The topological polar surface area (TPSA) is 128 Å². The highest BCUT2D eigenvalue weighted by atomic mass is 16.1. The Kier molecular flexibility index (Phi) is 18.8. The number of ketones is 1. The number of rotatable bonds is 11. The number of nitrogens with zero attached hydrogens (tertiary/aromatic N) is 3. The Morgan fingerprint density at radius 2 is 1.77 bits per heavy atom. The average Bonchev–Trinajstić information content (AvgIpc) is 3.81. The molecule has 236 valence electrons. The number of carbonyl (C=O) groups excluding carboxylic acids is 2. The number of amides is 1. The van der Waals surface area contributed by atoms with Crippen molar-refractivity contribution in [3.05, 3.63) is 93.8 Å². The smallest absolute Gasteiger partial charge is 0.207 e. The van der Waals surface area contributed by atoms with Crippen molar-refractivity contribution in [2.75, 3.05) is 6.54 Å². The summed E-state index contributed by atoms with van der Waals surface area (Å²) in [6, 6.07) is 5.76. The second-order valence-corrected chi connectivity index (χ2v) is 10.2. The molecule has 1 saturated carbocycles. The standard InChI is InChI=1S/C20H30N4O.C11H12N2O.2C2H6/c1-5-6-20(25)19-9-18(17-7-8-17)13-23(16(19)4)10-14(2)11-24(22)12-15(3)21;1-8-3-10(5-12)4-9(2)11(8)6-13-7-14;2*1-2/h9-10,12-13,17H,4-8,11,21-22H2,1-3H3;3-4,7H,6H2,1-2H3,(H,13,14);2*1-2H3/b14-10+,15-12-;;;. The highest BCUT2D eigenvalue weighted by Gasteiger charge is 2.30. The van der Waals surface area contributed by atoms with E-state index in [1.807, 2.05) is 84.7 Å². The summed E-state index contributed by atoms with van der Waals surface area (Å²) >= 11 is 0. The van der Waals surface area contributed by atoms with Gasteiger partial charge in [-0.1, -0.05) is 41.2 Å². The zero-order chi connectivity index (χ0) is 33.1. The summed E-state index contributed by atoms with van der Waals surface area (Å²) in [6.07, 6.45) is 12.3. The van der Waals surface area contributed by atoms with Gasteiger partial charge in [-0.2, -0.15) is 5.26 Å². The predicted molar refractivity (Wildman–Crippen MR) is 179 cm³/mol. The first-order chi connectivity index (χ1) is 20.5. The molecule has 1 amide bonds. The van der Waals surface area contributed by atoms with Crippen LogP contribution in [0.5, 0.6) is 0 Å². The van der Waals surface area contributed by atoms with Crippen LogP contribution < -0.4 is 16.9 Å². The van der Waals surface area contributed by atoms with Gasteiger partial charge in [0.1, 0.15) is 0 Å². The summed E-state index contributed by atoms with van der Waals surface area (Å²) in [5.74, 6) is 6.67. The van der Waals surface area contributed by atoms with Gasteiger partial charge in [0.2, 0.25) is 6.41 Å². The third-order valence-corrected chi connectivity index (χ3v) is 6.40. The Hall–Kier alpha value is -4.09. The second kappa shape index (κ2) is 20.7. The third kappa shape index (κ3) is 13.6. The quantitative estimate of drug-likeness (QED) is 0.147. The lowest BCUT2D eigenvalue weighted by atomic mass is 9.96. The van der Waals surface area contributed by atoms with Crippen molar-refractivity contribution in [3.8, 4) is 6.07 Å². The molecule has 3 rings (SSSR count). The van der Waals surface area contributed by atoms with E-state index in [1.54, 1.807) is 18.1 Å². The first kappa shape index (κ1) is 38.9. The van der Waals surface area contributed by atoms with Crippen molar-refractivity contribution in [2.24, 2.45) is 17.5 Å². The Morgan fingerprint density at radius 3 is 2.23 bits per heavy atom. The minimum Gasteiger partial charge on any atom is -0.401 e. The molecule has 1 aliphatic heterocycles. The van der Waals surface area contributed by atoms with E-state index in [9.17, 15) is 9.59 Å². The molecule has 1 heterocycles. The minimum absolute atomic E-state index is 0.164. The van der Waals surface area contributed by atoms with E-state index in [0.717, 1.165) is 40.0 Å². The molecule has 0 saturated heterocycles. The summed E-state index contributed by atoms with van der Waals surface area (Å²) in [7, 11) is 0. The summed E-state index contributed by atoms with van der Waals surface area (Å²) < 4.78 is 0. The van der Waals surface area contributed by atoms with Crippen LogP contribution in [0.1, 0.15) is 96.4 Å². The normalized spacial score (nSPS) is 14.3. The number of nitrogens with one attached hydrogen (secondary N) is 1. The molecule has 0 atom stereocenters. The number of aryl methyl sites for hydroxylation is 2. The highest BCUT2D eigenvalue weighted by molar-refractivity contribution is 6.00. The van der Waals surface area contributed by atoms with Gasteiger partial charge in [-0.25, -0.2) is 5.84 Å². The molecule has 1 aromatic rings. The predicted octanol–water partition coefficient (Wildman–Crippen LogP) is 6.78. The molecule has 1 aromatic carbocycles. The number of nitriles is 1. The monoisotopic (exact) mass is 590 g/mol. The van der Waals surface area contributed by atoms with Crippen LogP contribution in [0.2, 0.25) is 0 Å². The lowest BCUT2D eigenvalue weighted by molar-refractivity contribution is -0.115. The van der Waals surface area contributed by atoms with Crippen LogP contribution in [0, 0.1) is 31.1 Å². The fourth-order valence-electron chi connectivity index (χ4n) is 4.38. The van der Waals surface area contributed by atoms with Crippen molar-refractivity contribution in [1.82, 2.24) is 15.2 Å². The van der Waals surface area contributed by atoms with Crippen LogP contribution in [-0.2, 0) is 16.1 Å². The van der Waals surface area contributed by atoms with E-state index in [0.29, 0.717) is 43.1 Å². The van der Waals surface area contributed by atoms with Gasteiger partial charge in [0.05, 0.1) is 18.2 Å². The number of allylic oxidation sites excluding steroid dienone is 4. The molecule has 1 aliphatic carbocycles. The SMILES string of the molecule is C=C1C(C(=O)CCC)=CC(C2CC2)=CN1/C=C(\C)CN(N)/C=C(/C)N.CC.CC.Cc1cc(C#N)cc(C)c1CNC=O. The van der Waals surface area contributed by atoms with Gasteiger partial charge in [0, 0.05) is 48.5 Å². The number of hydrogen-bond donors (Lipinski definition) is 3. The van der Waals surface area contributed by atoms with Crippen molar-refractivity contribution in [3.63, 3.8) is 0 Å². The first-order valence-corrected chi connectivity index (χ1v) is 15.2. The van der Waals surface area contributed by atoms with Crippen molar-refractivity contribution in [2.45, 2.75) is 94.5 Å². The number of hydrogen-bond acceptors (Lipinski definition) is 7. The lowest BCUT2D eigenvalue weighted by Crippen LogP contribution is -2.29. The van der Waals surface area contributed by atoms with Crippen LogP contribution in [-0.4, -0.2) is 28.6 Å². The fourth-order valence-corrected chi connectivity index (χ4v) is 4.38. The van der Waals surface area contributed by atoms with Crippen molar-refractivity contribution >= 4 is 12.2 Å². The van der Waals surface area contributed by atoms with Gasteiger partial charge in [-0.05, 0) is 98.9 Å². The second-order valence-electron chi connectivity index (χ2n) is 10.2. The molecular weight excluding hydrogens is 536 g/mol. The molecule has 0 bridgehead atoms. The number of nitrogens with two attached hydrogens (primary N) is 2. The molecule has 5 N–H and O–H groups in total. The largest absolute Gasteiger partial charge is 0.401 e. The Morgan fingerprint density at radius 1 is 1.19 bits per heavy atom. The van der Waals surface area contributed by atoms with E-state index >= 15 is 0 Å². The molecule has 1 fully saturated rings. The van der Waals surface area contributed by atoms with Crippen molar-refractivity contribution < 1.29 is 9.59 Å². The van der Waals surface area contributed by atoms with Gasteiger partial charge in [-0.3, -0.25) is 9.59 Å². The summed E-state index contributed by atoms with van der Waals surface area (Å²) in [6.45, 7) is 22.9. The van der Waals surface area contributed by atoms with Gasteiger partial charge >= 0.3 is 0 Å². The molecule has 0 unspecified atom stereocenters. The van der Waals surface area contributed by atoms with Gasteiger partial charge < -0.3 is 21.0 Å². The van der Waals surface area contributed by atoms with Crippen molar-refractivity contribution in [1.29, 1.82) is 5.26 Å². The van der Waals surface area contributed by atoms with Crippen LogP contribution in [0.15, 0.2) is 71.5 Å². The minimum atomic E-state index is 0.164. The molecule has 2 aliphatic rings. The zero-order valence-corrected chi connectivity index (χ0v) is 27.9. The van der Waals surface area contributed by atoms with Crippen LogP contribution in [0.25, 0.3) is 0 Å². The van der Waals surface area contributed by atoms with E-state index in [4.69, 9.17) is 16.8 Å². The Labute approximate surface area is 260 Å². The maximum Gasteiger partial charge on any atom is 0.207 e. The Balaban J connectivity index is 0.000000830. The molecule has 8 heteroatoms. The summed E-state index contributed by atoms with van der Waals surface area (Å²) in [4.78, 5) is 24.6. The van der Waals surface area contributed by atoms with Crippen LogP contribution in [0.3, 0.4) is 0 Å². The summed E-state index contributed by atoms with van der Waals surface area (Å²) in [5, 5.41) is 12.9. The van der Waals surface area contributed by atoms with E-state index < -0.39 is 0 Å². The first-order valence-electron chi connectivity index (χ1n) is 15.2. The third-order valence-electron chi connectivity index (χ3n) is 6.40. The molecule has 0 aromatic heterocycles. The number of benzene rings is 1.